The topological polar surface area (TPSA) is 76.7 Å². The summed E-state index contributed by atoms with van der Waals surface area (Å²) in [5, 5.41) is 5.42. The van der Waals surface area contributed by atoms with Crippen molar-refractivity contribution in [3.8, 4) is 0 Å². The van der Waals surface area contributed by atoms with Crippen molar-refractivity contribution in [2.75, 3.05) is 13.2 Å². The summed E-state index contributed by atoms with van der Waals surface area (Å²) in [4.78, 5) is 24.4. The predicted octanol–water partition coefficient (Wildman–Crippen LogP) is 2.80. The second-order valence-electron chi connectivity index (χ2n) is 5.86. The van der Waals surface area contributed by atoms with Gasteiger partial charge in [0.1, 0.15) is 6.61 Å². The second-order valence-corrected chi connectivity index (χ2v) is 6.77. The molecule has 7 heteroatoms. The van der Waals surface area contributed by atoms with Crippen molar-refractivity contribution in [1.82, 2.24) is 10.6 Å². The monoisotopic (exact) mass is 394 g/mol. The zero-order chi connectivity index (χ0) is 17.1. The van der Waals surface area contributed by atoms with Gasteiger partial charge in [0.15, 0.2) is 0 Å². The molecule has 2 heterocycles. The molecule has 1 aromatic carbocycles. The van der Waals surface area contributed by atoms with E-state index in [0.717, 1.165) is 22.9 Å². The highest BCUT2D eigenvalue weighted by molar-refractivity contribution is 9.10. The van der Waals surface area contributed by atoms with Crippen LogP contribution in [0.4, 0.5) is 4.79 Å². The van der Waals surface area contributed by atoms with Gasteiger partial charge in [-0.1, -0.05) is 28.1 Å². The van der Waals surface area contributed by atoms with Gasteiger partial charge in [-0.15, -0.1) is 0 Å². The maximum Gasteiger partial charge on any atom is 0.338 e. The fourth-order valence-corrected chi connectivity index (χ4v) is 3.16. The van der Waals surface area contributed by atoms with Crippen LogP contribution < -0.4 is 10.6 Å². The Bertz CT molecular complexity index is 666. The molecule has 0 spiro atoms. The molecule has 2 atom stereocenters. The Balaban J connectivity index is 1.80. The predicted molar refractivity (Wildman–Crippen MR) is 91.2 cm³/mol. The number of nitrogens with one attached hydrogen (secondary N) is 2. The Morgan fingerprint density at radius 2 is 2.12 bits per heavy atom. The molecule has 0 bridgehead atoms. The zero-order valence-corrected chi connectivity index (χ0v) is 14.9. The van der Waals surface area contributed by atoms with E-state index in [1.807, 2.05) is 24.3 Å². The van der Waals surface area contributed by atoms with Crippen LogP contribution in [0.15, 0.2) is 40.0 Å². The number of allylic oxidation sites excluding steroid dienone is 1. The molecule has 6 nitrogen and oxygen atoms in total. The minimum absolute atomic E-state index is 0.0351. The molecular formula is C17H19BrN2O4. The first kappa shape index (κ1) is 17.0. The fourth-order valence-electron chi connectivity index (χ4n) is 2.89. The number of rotatable bonds is 4. The average molecular weight is 395 g/mol. The molecule has 0 aliphatic carbocycles. The van der Waals surface area contributed by atoms with Gasteiger partial charge in [0.25, 0.3) is 0 Å². The molecule has 0 aromatic heterocycles. The fraction of sp³-hybridized carbons (Fsp3) is 0.412. The van der Waals surface area contributed by atoms with Crippen molar-refractivity contribution in [1.29, 1.82) is 0 Å². The third-order valence-electron chi connectivity index (χ3n) is 4.12. The first-order valence-electron chi connectivity index (χ1n) is 7.87. The number of urea groups is 1. The van der Waals surface area contributed by atoms with Gasteiger partial charge in [0.2, 0.25) is 0 Å². The molecule has 1 fully saturated rings. The summed E-state index contributed by atoms with van der Waals surface area (Å²) in [7, 11) is 0. The van der Waals surface area contributed by atoms with Crippen LogP contribution in [0, 0.1) is 0 Å². The van der Waals surface area contributed by atoms with E-state index in [4.69, 9.17) is 9.47 Å². The van der Waals surface area contributed by atoms with Crippen LogP contribution in [0.25, 0.3) is 0 Å². The van der Waals surface area contributed by atoms with E-state index in [2.05, 4.69) is 26.6 Å². The van der Waals surface area contributed by atoms with Gasteiger partial charge in [-0.2, -0.15) is 0 Å². The number of halogens is 1. The van der Waals surface area contributed by atoms with Crippen LogP contribution >= 0.6 is 15.9 Å². The maximum atomic E-state index is 12.6. The average Bonchev–Trinajstić information content (AvgIpc) is 3.06. The van der Waals surface area contributed by atoms with E-state index < -0.39 is 12.0 Å². The van der Waals surface area contributed by atoms with E-state index in [-0.39, 0.29) is 18.7 Å². The summed E-state index contributed by atoms with van der Waals surface area (Å²) in [5.74, 6) is -0.441. The number of ether oxygens (including phenoxy) is 2. The molecule has 24 heavy (non-hydrogen) atoms. The Morgan fingerprint density at radius 1 is 1.38 bits per heavy atom. The molecule has 0 unspecified atom stereocenters. The van der Waals surface area contributed by atoms with Crippen molar-refractivity contribution >= 4 is 27.9 Å². The Hall–Kier alpha value is -1.86. The quantitative estimate of drug-likeness (QED) is 0.769. The summed E-state index contributed by atoms with van der Waals surface area (Å²) in [6, 6.07) is 6.59. The van der Waals surface area contributed by atoms with Crippen LogP contribution in [-0.4, -0.2) is 31.3 Å². The third kappa shape index (κ3) is 3.79. The number of amides is 2. The van der Waals surface area contributed by atoms with Crippen LogP contribution in [0.5, 0.6) is 0 Å². The van der Waals surface area contributed by atoms with Crippen molar-refractivity contribution in [2.45, 2.75) is 31.9 Å². The van der Waals surface area contributed by atoms with E-state index in [9.17, 15) is 9.59 Å². The summed E-state index contributed by atoms with van der Waals surface area (Å²) in [6.07, 6.45) is 1.85. The molecule has 2 amide bonds. The zero-order valence-electron chi connectivity index (χ0n) is 13.3. The highest BCUT2D eigenvalue weighted by atomic mass is 79.9. The third-order valence-corrected chi connectivity index (χ3v) is 4.65. The standard InChI is InChI=1S/C17H19BrN2O4/c1-10-14(16(21)24-9-13-3-2-8-23-13)15(20-17(22)19-10)11-4-6-12(18)7-5-11/h4-7,13,15H,2-3,8-9H2,1H3,(H2,19,20,22)/t13-,15+/m1/s1. The number of hydrogen-bond acceptors (Lipinski definition) is 4. The van der Waals surface area contributed by atoms with Crippen molar-refractivity contribution in [2.24, 2.45) is 0 Å². The largest absolute Gasteiger partial charge is 0.459 e. The van der Waals surface area contributed by atoms with Crippen LogP contribution in [0.2, 0.25) is 0 Å². The molecule has 2 aliphatic rings. The van der Waals surface area contributed by atoms with Crippen LogP contribution in [0.1, 0.15) is 31.4 Å². The van der Waals surface area contributed by atoms with Crippen molar-refractivity contribution in [3.63, 3.8) is 0 Å². The lowest BCUT2D eigenvalue weighted by molar-refractivity contribution is -0.142. The van der Waals surface area contributed by atoms with Gasteiger partial charge in [-0.25, -0.2) is 9.59 Å². The van der Waals surface area contributed by atoms with E-state index in [1.165, 1.54) is 0 Å². The molecule has 1 aromatic rings. The second kappa shape index (κ2) is 7.36. The summed E-state index contributed by atoms with van der Waals surface area (Å²) in [6.45, 7) is 2.65. The van der Waals surface area contributed by atoms with Gasteiger partial charge in [0, 0.05) is 16.8 Å². The molecule has 128 valence electrons. The smallest absolute Gasteiger partial charge is 0.338 e. The molecule has 0 saturated carbocycles. The van der Waals surface area contributed by atoms with Gasteiger partial charge in [0.05, 0.1) is 17.7 Å². The summed E-state index contributed by atoms with van der Waals surface area (Å²) >= 11 is 3.38. The normalized spacial score (nSPS) is 23.7. The first-order chi connectivity index (χ1) is 11.5. The lowest BCUT2D eigenvalue weighted by Crippen LogP contribution is -2.45. The van der Waals surface area contributed by atoms with Gasteiger partial charge in [-0.3, -0.25) is 0 Å². The van der Waals surface area contributed by atoms with Gasteiger partial charge in [-0.05, 0) is 37.5 Å². The van der Waals surface area contributed by atoms with Crippen LogP contribution in [0.3, 0.4) is 0 Å². The van der Waals surface area contributed by atoms with Crippen molar-refractivity contribution in [3.05, 3.63) is 45.6 Å². The summed E-state index contributed by atoms with van der Waals surface area (Å²) < 4.78 is 11.8. The number of benzene rings is 1. The highest BCUT2D eigenvalue weighted by Gasteiger charge is 2.32. The van der Waals surface area contributed by atoms with E-state index >= 15 is 0 Å². The Labute approximate surface area is 148 Å². The number of esters is 1. The molecule has 1 saturated heterocycles. The summed E-state index contributed by atoms with van der Waals surface area (Å²) in [5.41, 5.74) is 1.73. The molecule has 0 radical (unpaired) electrons. The lowest BCUT2D eigenvalue weighted by Gasteiger charge is -2.28. The minimum atomic E-state index is -0.538. The van der Waals surface area contributed by atoms with E-state index in [1.54, 1.807) is 6.92 Å². The van der Waals surface area contributed by atoms with E-state index in [0.29, 0.717) is 17.9 Å². The number of carbonyl (C=O) groups is 2. The maximum absolute atomic E-state index is 12.6. The SMILES string of the molecule is CC1=C(C(=O)OC[C@H]2CCCO2)[C@H](c2ccc(Br)cc2)NC(=O)N1. The molecule has 3 rings (SSSR count). The Kier molecular flexibility index (Phi) is 5.20. The molecular weight excluding hydrogens is 376 g/mol. The highest BCUT2D eigenvalue weighted by Crippen LogP contribution is 2.28. The number of carbonyl (C=O) groups excluding carboxylic acids is 2. The molecule has 2 N–H and O–H groups in total. The Morgan fingerprint density at radius 3 is 2.79 bits per heavy atom. The van der Waals surface area contributed by atoms with Crippen molar-refractivity contribution < 1.29 is 19.1 Å². The number of hydrogen-bond donors (Lipinski definition) is 2. The molecule has 2 aliphatic heterocycles. The van der Waals surface area contributed by atoms with Crippen LogP contribution in [-0.2, 0) is 14.3 Å². The first-order valence-corrected chi connectivity index (χ1v) is 8.66. The van der Waals surface area contributed by atoms with Gasteiger partial charge < -0.3 is 20.1 Å². The lowest BCUT2D eigenvalue weighted by atomic mass is 9.96. The minimum Gasteiger partial charge on any atom is -0.459 e. The van der Waals surface area contributed by atoms with Gasteiger partial charge >= 0.3 is 12.0 Å².